The van der Waals surface area contributed by atoms with Crippen LogP contribution < -0.4 is 10.6 Å². The number of carbonyl (C=O) groups excluding carboxylic acids is 2. The van der Waals surface area contributed by atoms with Gasteiger partial charge in [0.25, 0.3) is 0 Å². The second kappa shape index (κ2) is 10.5. The summed E-state index contributed by atoms with van der Waals surface area (Å²) in [4.78, 5) is 36.2. The standard InChI is InChI=1S/C27H30N2O5/c1-2-7-18(15-25(30)28-19-13-12-17(14-19)26(31)32)29-27(33)34-16-24-22-10-5-3-8-20(22)21-9-4-6-11-23(21)24/h3-6,8-13,17-19,24H,2,7,14-16H2,1H3,(H,28,30)(H,29,33)(H,31,32)/t17?,18-,19?/m1/s1. The van der Waals surface area contributed by atoms with Gasteiger partial charge in [0.1, 0.15) is 6.61 Å². The van der Waals surface area contributed by atoms with Crippen LogP contribution in [0.5, 0.6) is 0 Å². The smallest absolute Gasteiger partial charge is 0.407 e. The molecule has 3 N–H and O–H groups in total. The first-order valence-corrected chi connectivity index (χ1v) is 11.8. The Balaban J connectivity index is 1.31. The molecule has 0 spiro atoms. The number of aliphatic carboxylic acids is 1. The van der Waals surface area contributed by atoms with Crippen LogP contribution in [0.2, 0.25) is 0 Å². The van der Waals surface area contributed by atoms with Crippen LogP contribution in [-0.4, -0.2) is 41.8 Å². The van der Waals surface area contributed by atoms with Gasteiger partial charge >= 0.3 is 12.1 Å². The van der Waals surface area contributed by atoms with Crippen LogP contribution >= 0.6 is 0 Å². The first-order chi connectivity index (χ1) is 16.5. The molecule has 0 saturated carbocycles. The van der Waals surface area contributed by atoms with Crippen molar-refractivity contribution in [2.24, 2.45) is 5.92 Å². The number of ether oxygens (including phenoxy) is 1. The zero-order valence-corrected chi connectivity index (χ0v) is 19.2. The van der Waals surface area contributed by atoms with Gasteiger partial charge < -0.3 is 20.5 Å². The van der Waals surface area contributed by atoms with Gasteiger partial charge in [-0.25, -0.2) is 4.79 Å². The van der Waals surface area contributed by atoms with Crippen molar-refractivity contribution < 1.29 is 24.2 Å². The maximum absolute atomic E-state index is 12.6. The van der Waals surface area contributed by atoms with E-state index in [1.165, 1.54) is 11.1 Å². The number of hydrogen-bond donors (Lipinski definition) is 3. The van der Waals surface area contributed by atoms with Crippen LogP contribution in [0.4, 0.5) is 4.79 Å². The fourth-order valence-electron chi connectivity index (χ4n) is 4.86. The van der Waals surface area contributed by atoms with E-state index in [-0.39, 0.29) is 36.9 Å². The summed E-state index contributed by atoms with van der Waals surface area (Å²) in [5.74, 6) is -1.72. The predicted octanol–water partition coefficient (Wildman–Crippen LogP) is 4.23. The molecular formula is C27H30N2O5. The van der Waals surface area contributed by atoms with E-state index in [1.54, 1.807) is 12.2 Å². The number of hydrogen-bond acceptors (Lipinski definition) is 4. The minimum Gasteiger partial charge on any atom is -0.481 e. The molecule has 3 atom stereocenters. The van der Waals surface area contributed by atoms with Gasteiger partial charge in [0.05, 0.1) is 5.92 Å². The summed E-state index contributed by atoms with van der Waals surface area (Å²) >= 11 is 0. The maximum atomic E-state index is 12.6. The number of benzene rings is 2. The van der Waals surface area contributed by atoms with E-state index < -0.39 is 18.0 Å². The largest absolute Gasteiger partial charge is 0.481 e. The summed E-state index contributed by atoms with van der Waals surface area (Å²) in [6.45, 7) is 2.20. The van der Waals surface area contributed by atoms with Gasteiger partial charge in [-0.1, -0.05) is 74.0 Å². The third kappa shape index (κ3) is 5.30. The molecule has 178 valence electrons. The van der Waals surface area contributed by atoms with Crippen LogP contribution in [0.15, 0.2) is 60.7 Å². The number of carbonyl (C=O) groups is 3. The SMILES string of the molecule is CCC[C@H](CC(=O)NC1C=CC(C(=O)O)C1)NC(=O)OCC1c2ccccc2-c2ccccc21. The molecule has 0 radical (unpaired) electrons. The Morgan fingerprint density at radius 2 is 1.68 bits per heavy atom. The minimum atomic E-state index is -0.895. The van der Waals surface area contributed by atoms with Crippen molar-refractivity contribution in [3.8, 4) is 11.1 Å². The molecule has 2 aliphatic carbocycles. The average Bonchev–Trinajstić information content (AvgIpc) is 3.41. The Hall–Kier alpha value is -3.61. The summed E-state index contributed by atoms with van der Waals surface area (Å²) in [5, 5.41) is 14.8. The lowest BCUT2D eigenvalue weighted by atomic mass is 9.98. The van der Waals surface area contributed by atoms with Gasteiger partial charge in [0, 0.05) is 24.4 Å². The van der Waals surface area contributed by atoms with Gasteiger partial charge in [-0.2, -0.15) is 0 Å². The first-order valence-electron chi connectivity index (χ1n) is 11.8. The molecule has 7 nitrogen and oxygen atoms in total. The lowest BCUT2D eigenvalue weighted by Crippen LogP contribution is -2.41. The second-order valence-electron chi connectivity index (χ2n) is 8.90. The number of carboxylic acid groups (broad SMARTS) is 1. The Bertz CT molecular complexity index is 1050. The van der Waals surface area contributed by atoms with Crippen LogP contribution in [0.25, 0.3) is 11.1 Å². The van der Waals surface area contributed by atoms with Crippen molar-refractivity contribution in [1.29, 1.82) is 0 Å². The third-order valence-corrected chi connectivity index (χ3v) is 6.48. The van der Waals surface area contributed by atoms with E-state index in [4.69, 9.17) is 9.84 Å². The molecule has 0 heterocycles. The number of nitrogens with one attached hydrogen (secondary N) is 2. The topological polar surface area (TPSA) is 105 Å². The molecule has 2 aliphatic rings. The van der Waals surface area contributed by atoms with Gasteiger partial charge in [-0.3, -0.25) is 9.59 Å². The summed E-state index contributed by atoms with van der Waals surface area (Å²) in [7, 11) is 0. The van der Waals surface area contributed by atoms with Crippen LogP contribution in [0, 0.1) is 5.92 Å². The molecule has 0 fully saturated rings. The highest BCUT2D eigenvalue weighted by molar-refractivity contribution is 5.80. The molecule has 4 rings (SSSR count). The maximum Gasteiger partial charge on any atom is 0.407 e. The highest BCUT2D eigenvalue weighted by Gasteiger charge is 2.30. The van der Waals surface area contributed by atoms with E-state index in [1.807, 2.05) is 31.2 Å². The lowest BCUT2D eigenvalue weighted by molar-refractivity contribution is -0.140. The van der Waals surface area contributed by atoms with Crippen molar-refractivity contribution in [3.63, 3.8) is 0 Å². The number of rotatable bonds is 9. The molecule has 2 unspecified atom stereocenters. The normalized spacial score (nSPS) is 19.2. The van der Waals surface area contributed by atoms with Crippen LogP contribution in [0.1, 0.15) is 49.7 Å². The molecule has 2 aromatic rings. The lowest BCUT2D eigenvalue weighted by Gasteiger charge is -2.20. The molecule has 0 aromatic heterocycles. The summed E-state index contributed by atoms with van der Waals surface area (Å²) in [5.41, 5.74) is 4.62. The Kier molecular flexibility index (Phi) is 7.30. The molecule has 2 amide bonds. The van der Waals surface area contributed by atoms with E-state index in [0.29, 0.717) is 12.8 Å². The summed E-state index contributed by atoms with van der Waals surface area (Å²) < 4.78 is 5.61. The van der Waals surface area contributed by atoms with Crippen molar-refractivity contribution >= 4 is 18.0 Å². The zero-order valence-electron chi connectivity index (χ0n) is 19.2. The first kappa shape index (κ1) is 23.5. The van der Waals surface area contributed by atoms with E-state index in [0.717, 1.165) is 17.5 Å². The van der Waals surface area contributed by atoms with Crippen molar-refractivity contribution in [2.75, 3.05) is 6.61 Å². The van der Waals surface area contributed by atoms with Gasteiger partial charge in [-0.15, -0.1) is 0 Å². The van der Waals surface area contributed by atoms with Crippen molar-refractivity contribution in [2.45, 2.75) is 50.6 Å². The molecular weight excluding hydrogens is 432 g/mol. The van der Waals surface area contributed by atoms with E-state index >= 15 is 0 Å². The van der Waals surface area contributed by atoms with Gasteiger partial charge in [0.2, 0.25) is 5.91 Å². The van der Waals surface area contributed by atoms with E-state index in [9.17, 15) is 14.4 Å². The second-order valence-corrected chi connectivity index (χ2v) is 8.90. The number of fused-ring (bicyclic) bond motifs is 3. The molecule has 2 aromatic carbocycles. The Morgan fingerprint density at radius 1 is 1.03 bits per heavy atom. The molecule has 0 bridgehead atoms. The fraction of sp³-hybridized carbons (Fsp3) is 0.370. The number of alkyl carbamates (subject to hydrolysis) is 1. The minimum absolute atomic E-state index is 0.0255. The Labute approximate surface area is 199 Å². The third-order valence-electron chi connectivity index (χ3n) is 6.48. The van der Waals surface area contributed by atoms with E-state index in [2.05, 4.69) is 34.9 Å². The van der Waals surface area contributed by atoms with Crippen LogP contribution in [0.3, 0.4) is 0 Å². The average molecular weight is 463 g/mol. The number of amides is 2. The monoisotopic (exact) mass is 462 g/mol. The molecule has 0 saturated heterocycles. The summed E-state index contributed by atoms with van der Waals surface area (Å²) in [6, 6.07) is 15.6. The van der Waals surface area contributed by atoms with Gasteiger partial charge in [0.15, 0.2) is 0 Å². The van der Waals surface area contributed by atoms with Gasteiger partial charge in [-0.05, 0) is 35.1 Å². The highest BCUT2D eigenvalue weighted by atomic mass is 16.5. The Morgan fingerprint density at radius 3 is 2.26 bits per heavy atom. The zero-order chi connectivity index (χ0) is 24.1. The number of carboxylic acids is 1. The fourth-order valence-corrected chi connectivity index (χ4v) is 4.86. The molecule has 0 aliphatic heterocycles. The molecule has 7 heteroatoms. The van der Waals surface area contributed by atoms with Crippen molar-refractivity contribution in [3.05, 3.63) is 71.8 Å². The molecule has 34 heavy (non-hydrogen) atoms. The van der Waals surface area contributed by atoms with Crippen molar-refractivity contribution in [1.82, 2.24) is 10.6 Å². The summed E-state index contributed by atoms with van der Waals surface area (Å²) in [6.07, 6.45) is 4.66. The predicted molar refractivity (Wildman–Crippen MR) is 128 cm³/mol. The van der Waals surface area contributed by atoms with Crippen LogP contribution in [-0.2, 0) is 14.3 Å². The quantitative estimate of drug-likeness (QED) is 0.484. The highest BCUT2D eigenvalue weighted by Crippen LogP contribution is 2.44.